The van der Waals surface area contributed by atoms with Crippen LogP contribution < -0.4 is 10.5 Å². The molecule has 0 bridgehead atoms. The van der Waals surface area contributed by atoms with Crippen LogP contribution >= 0.6 is 0 Å². The van der Waals surface area contributed by atoms with Gasteiger partial charge in [-0.2, -0.15) is 0 Å². The second-order valence-electron chi connectivity index (χ2n) is 4.10. The van der Waals surface area contributed by atoms with Crippen molar-refractivity contribution in [2.24, 2.45) is 17.6 Å². The lowest BCUT2D eigenvalue weighted by Crippen LogP contribution is -2.05. The van der Waals surface area contributed by atoms with Gasteiger partial charge < -0.3 is 10.5 Å². The predicted octanol–water partition coefficient (Wildman–Crippen LogP) is 2.18. The third kappa shape index (κ3) is 2.07. The fraction of sp³-hybridized carbons (Fsp3) is 0.500. The molecule has 0 aromatic heterocycles. The molecule has 1 aliphatic rings. The van der Waals surface area contributed by atoms with E-state index in [1.807, 2.05) is 24.3 Å². The monoisotopic (exact) mass is 191 g/mol. The van der Waals surface area contributed by atoms with Crippen LogP contribution in [-0.4, -0.2) is 6.61 Å². The van der Waals surface area contributed by atoms with E-state index in [1.54, 1.807) is 0 Å². The van der Waals surface area contributed by atoms with E-state index in [2.05, 4.69) is 6.92 Å². The summed E-state index contributed by atoms with van der Waals surface area (Å²) in [7, 11) is 0. The first-order valence-electron chi connectivity index (χ1n) is 5.22. The predicted molar refractivity (Wildman–Crippen MR) is 57.1 cm³/mol. The van der Waals surface area contributed by atoms with Crippen molar-refractivity contribution in [3.8, 4) is 5.75 Å². The lowest BCUT2D eigenvalue weighted by Gasteiger charge is -2.09. The number of nitrogens with two attached hydrogens (primary N) is 1. The van der Waals surface area contributed by atoms with E-state index in [9.17, 15) is 0 Å². The number of para-hydroxylation sites is 1. The molecule has 76 valence electrons. The van der Waals surface area contributed by atoms with Gasteiger partial charge in [-0.15, -0.1) is 0 Å². The molecule has 2 rings (SSSR count). The third-order valence-electron chi connectivity index (χ3n) is 2.92. The zero-order chi connectivity index (χ0) is 9.97. The van der Waals surface area contributed by atoms with Gasteiger partial charge in [0.2, 0.25) is 0 Å². The van der Waals surface area contributed by atoms with Crippen LogP contribution in [0.3, 0.4) is 0 Å². The van der Waals surface area contributed by atoms with Crippen LogP contribution in [0.4, 0.5) is 0 Å². The molecule has 1 saturated carbocycles. The van der Waals surface area contributed by atoms with Gasteiger partial charge in [0.15, 0.2) is 0 Å². The fourth-order valence-corrected chi connectivity index (χ4v) is 1.64. The Hall–Kier alpha value is -1.02. The number of hydrogen-bond acceptors (Lipinski definition) is 2. The molecule has 0 amide bonds. The Balaban J connectivity index is 1.94. The molecule has 0 aliphatic heterocycles. The second kappa shape index (κ2) is 4.01. The molecule has 1 aliphatic carbocycles. The average Bonchev–Trinajstić information content (AvgIpc) is 2.92. The van der Waals surface area contributed by atoms with E-state index >= 15 is 0 Å². The Bertz CT molecular complexity index is 311. The highest BCUT2D eigenvalue weighted by atomic mass is 16.5. The van der Waals surface area contributed by atoms with E-state index < -0.39 is 0 Å². The van der Waals surface area contributed by atoms with Crippen LogP contribution in [-0.2, 0) is 6.54 Å². The molecule has 2 nitrogen and oxygen atoms in total. The van der Waals surface area contributed by atoms with Crippen LogP contribution in [0.2, 0.25) is 0 Å². The van der Waals surface area contributed by atoms with Crippen molar-refractivity contribution < 1.29 is 4.74 Å². The van der Waals surface area contributed by atoms with Crippen molar-refractivity contribution in [3.63, 3.8) is 0 Å². The highest BCUT2D eigenvalue weighted by molar-refractivity contribution is 5.33. The van der Waals surface area contributed by atoms with Crippen LogP contribution in [0, 0.1) is 11.8 Å². The molecular weight excluding hydrogens is 174 g/mol. The first-order chi connectivity index (χ1) is 6.81. The van der Waals surface area contributed by atoms with Gasteiger partial charge in [-0.1, -0.05) is 25.1 Å². The third-order valence-corrected chi connectivity index (χ3v) is 2.92. The Kier molecular flexibility index (Phi) is 2.73. The quantitative estimate of drug-likeness (QED) is 0.791. The summed E-state index contributed by atoms with van der Waals surface area (Å²) < 4.78 is 5.74. The molecule has 1 aromatic carbocycles. The molecule has 0 saturated heterocycles. The van der Waals surface area contributed by atoms with Gasteiger partial charge in [0.25, 0.3) is 0 Å². The van der Waals surface area contributed by atoms with Crippen molar-refractivity contribution in [2.45, 2.75) is 19.9 Å². The van der Waals surface area contributed by atoms with Crippen molar-refractivity contribution in [1.29, 1.82) is 0 Å². The van der Waals surface area contributed by atoms with E-state index in [0.29, 0.717) is 6.54 Å². The maximum atomic E-state index is 5.74. The number of rotatable bonds is 4. The summed E-state index contributed by atoms with van der Waals surface area (Å²) in [6.07, 6.45) is 1.31. The molecule has 0 radical (unpaired) electrons. The van der Waals surface area contributed by atoms with Crippen LogP contribution in [0.1, 0.15) is 18.9 Å². The minimum Gasteiger partial charge on any atom is -0.493 e. The van der Waals surface area contributed by atoms with E-state index in [-0.39, 0.29) is 0 Å². The zero-order valence-electron chi connectivity index (χ0n) is 8.57. The first-order valence-corrected chi connectivity index (χ1v) is 5.22. The highest BCUT2D eigenvalue weighted by Gasteiger charge is 2.33. The summed E-state index contributed by atoms with van der Waals surface area (Å²) in [6.45, 7) is 3.66. The first kappa shape index (κ1) is 9.53. The summed E-state index contributed by atoms with van der Waals surface area (Å²) >= 11 is 0. The number of hydrogen-bond donors (Lipinski definition) is 1. The maximum absolute atomic E-state index is 5.74. The van der Waals surface area contributed by atoms with Gasteiger partial charge in [-0.05, 0) is 24.3 Å². The molecule has 0 heterocycles. The largest absolute Gasteiger partial charge is 0.493 e. The van der Waals surface area contributed by atoms with Gasteiger partial charge in [0.1, 0.15) is 5.75 Å². The topological polar surface area (TPSA) is 35.2 Å². The van der Waals surface area contributed by atoms with Crippen molar-refractivity contribution in [1.82, 2.24) is 0 Å². The summed E-state index contributed by atoms with van der Waals surface area (Å²) in [5.74, 6) is 2.56. The van der Waals surface area contributed by atoms with Crippen molar-refractivity contribution in [3.05, 3.63) is 29.8 Å². The molecule has 1 fully saturated rings. The van der Waals surface area contributed by atoms with Crippen molar-refractivity contribution >= 4 is 0 Å². The minimum atomic E-state index is 0.552. The minimum absolute atomic E-state index is 0.552. The summed E-state index contributed by atoms with van der Waals surface area (Å²) in [6, 6.07) is 8.00. The molecule has 0 spiro atoms. The van der Waals surface area contributed by atoms with E-state index in [4.69, 9.17) is 10.5 Å². The zero-order valence-corrected chi connectivity index (χ0v) is 8.57. The molecular formula is C12H17NO. The van der Waals surface area contributed by atoms with Gasteiger partial charge in [-0.3, -0.25) is 0 Å². The summed E-state index contributed by atoms with van der Waals surface area (Å²) in [5.41, 5.74) is 6.72. The van der Waals surface area contributed by atoms with Gasteiger partial charge >= 0.3 is 0 Å². The van der Waals surface area contributed by atoms with Gasteiger partial charge in [0.05, 0.1) is 6.61 Å². The van der Waals surface area contributed by atoms with E-state index in [0.717, 1.165) is 29.8 Å². The summed E-state index contributed by atoms with van der Waals surface area (Å²) in [4.78, 5) is 0. The van der Waals surface area contributed by atoms with Crippen LogP contribution in [0.15, 0.2) is 24.3 Å². The second-order valence-corrected chi connectivity index (χ2v) is 4.10. The average molecular weight is 191 g/mol. The molecule has 14 heavy (non-hydrogen) atoms. The molecule has 2 heteroatoms. The van der Waals surface area contributed by atoms with E-state index in [1.165, 1.54) is 6.42 Å². The Morgan fingerprint density at radius 3 is 2.79 bits per heavy atom. The normalized spacial score (nSPS) is 24.7. The van der Waals surface area contributed by atoms with Crippen LogP contribution in [0.5, 0.6) is 5.75 Å². The summed E-state index contributed by atoms with van der Waals surface area (Å²) in [5, 5.41) is 0. The Labute approximate surface area is 85.1 Å². The standard InChI is InChI=1S/C12H17NO/c1-9-6-11(9)8-14-12-5-3-2-4-10(12)7-13/h2-5,9,11H,6-8,13H2,1H3/t9-,11+/m1/s1. The Morgan fingerprint density at radius 2 is 2.14 bits per heavy atom. The molecule has 0 unspecified atom stereocenters. The smallest absolute Gasteiger partial charge is 0.123 e. The van der Waals surface area contributed by atoms with Gasteiger partial charge in [-0.25, -0.2) is 0 Å². The molecule has 2 atom stereocenters. The molecule has 2 N–H and O–H groups in total. The lowest BCUT2D eigenvalue weighted by molar-refractivity contribution is 0.290. The SMILES string of the molecule is C[C@@H]1C[C@H]1COc1ccccc1CN. The number of ether oxygens (including phenoxy) is 1. The fourth-order valence-electron chi connectivity index (χ4n) is 1.64. The maximum Gasteiger partial charge on any atom is 0.123 e. The number of benzene rings is 1. The van der Waals surface area contributed by atoms with Crippen LogP contribution in [0.25, 0.3) is 0 Å². The van der Waals surface area contributed by atoms with Crippen molar-refractivity contribution in [2.75, 3.05) is 6.61 Å². The van der Waals surface area contributed by atoms with Gasteiger partial charge in [0, 0.05) is 12.1 Å². The highest BCUT2D eigenvalue weighted by Crippen LogP contribution is 2.38. The Morgan fingerprint density at radius 1 is 1.43 bits per heavy atom. The lowest BCUT2D eigenvalue weighted by atomic mass is 10.2. The molecule has 1 aromatic rings.